The first-order chi connectivity index (χ1) is 6.88. The Hall–Kier alpha value is -0.790. The highest BCUT2D eigenvalue weighted by molar-refractivity contribution is 5.29. The predicted octanol–water partition coefficient (Wildman–Crippen LogP) is 2.99. The standard InChI is InChI=1S/C12H15NO/c1-2-9-6-12(9,5-1)10-7-14-11(13-10)8-3-4-8/h7-9H,1-6H2. The largest absolute Gasteiger partial charge is 0.448 e. The van der Waals surface area contributed by atoms with Crippen molar-refractivity contribution in [3.8, 4) is 0 Å². The molecule has 2 heteroatoms. The molecule has 0 spiro atoms. The van der Waals surface area contributed by atoms with Crippen molar-refractivity contribution in [2.24, 2.45) is 5.92 Å². The first-order valence-corrected chi connectivity index (χ1v) is 5.84. The minimum atomic E-state index is 0.483. The second-order valence-corrected chi connectivity index (χ2v) is 5.29. The van der Waals surface area contributed by atoms with Crippen LogP contribution in [0.3, 0.4) is 0 Å². The van der Waals surface area contributed by atoms with Crippen LogP contribution in [0.5, 0.6) is 0 Å². The Morgan fingerprint density at radius 2 is 2.29 bits per heavy atom. The third-order valence-corrected chi connectivity index (χ3v) is 4.37. The molecule has 3 fully saturated rings. The van der Waals surface area contributed by atoms with Crippen LogP contribution in [0.2, 0.25) is 0 Å². The van der Waals surface area contributed by atoms with Gasteiger partial charge in [-0.25, -0.2) is 4.98 Å². The lowest BCUT2D eigenvalue weighted by Gasteiger charge is -2.05. The van der Waals surface area contributed by atoms with Gasteiger partial charge >= 0.3 is 0 Å². The van der Waals surface area contributed by atoms with Crippen molar-refractivity contribution in [1.29, 1.82) is 0 Å². The normalized spacial score (nSPS) is 39.9. The van der Waals surface area contributed by atoms with E-state index >= 15 is 0 Å². The van der Waals surface area contributed by atoms with Crippen LogP contribution in [0.15, 0.2) is 10.7 Å². The lowest BCUT2D eigenvalue weighted by atomic mass is 10.0. The minimum absolute atomic E-state index is 0.483. The second kappa shape index (κ2) is 2.23. The van der Waals surface area contributed by atoms with Crippen molar-refractivity contribution in [3.05, 3.63) is 17.8 Å². The van der Waals surface area contributed by atoms with Crippen LogP contribution in [-0.4, -0.2) is 4.98 Å². The Morgan fingerprint density at radius 1 is 1.36 bits per heavy atom. The van der Waals surface area contributed by atoms with Gasteiger partial charge < -0.3 is 4.42 Å². The summed E-state index contributed by atoms with van der Waals surface area (Å²) in [5.74, 6) is 2.63. The summed E-state index contributed by atoms with van der Waals surface area (Å²) in [6.45, 7) is 0. The average Bonchev–Trinajstić information content (AvgIpc) is 3.09. The summed E-state index contributed by atoms with van der Waals surface area (Å²) in [7, 11) is 0. The van der Waals surface area contributed by atoms with Gasteiger partial charge in [-0.05, 0) is 38.0 Å². The third-order valence-electron chi connectivity index (χ3n) is 4.37. The molecular weight excluding hydrogens is 174 g/mol. The Balaban J connectivity index is 1.69. The fourth-order valence-electron chi connectivity index (χ4n) is 3.21. The summed E-state index contributed by atoms with van der Waals surface area (Å²) in [5, 5.41) is 0. The second-order valence-electron chi connectivity index (χ2n) is 5.29. The van der Waals surface area contributed by atoms with E-state index in [0.29, 0.717) is 11.3 Å². The smallest absolute Gasteiger partial charge is 0.197 e. The van der Waals surface area contributed by atoms with Crippen LogP contribution in [-0.2, 0) is 5.41 Å². The maximum absolute atomic E-state index is 5.58. The fraction of sp³-hybridized carbons (Fsp3) is 0.750. The first-order valence-electron chi connectivity index (χ1n) is 5.84. The number of hydrogen-bond donors (Lipinski definition) is 0. The summed E-state index contributed by atoms with van der Waals surface area (Å²) < 4.78 is 5.58. The molecule has 74 valence electrons. The maximum atomic E-state index is 5.58. The molecule has 0 saturated heterocycles. The first kappa shape index (κ1) is 7.49. The highest BCUT2D eigenvalue weighted by Gasteiger charge is 2.59. The van der Waals surface area contributed by atoms with Crippen molar-refractivity contribution in [2.75, 3.05) is 0 Å². The Labute approximate surface area is 83.7 Å². The van der Waals surface area contributed by atoms with E-state index in [9.17, 15) is 0 Å². The highest BCUT2D eigenvalue weighted by atomic mass is 16.3. The molecule has 2 unspecified atom stereocenters. The van der Waals surface area contributed by atoms with Crippen LogP contribution in [0.1, 0.15) is 56.0 Å². The van der Waals surface area contributed by atoms with Gasteiger partial charge in [-0.3, -0.25) is 0 Å². The molecule has 0 bridgehead atoms. The van der Waals surface area contributed by atoms with E-state index in [0.717, 1.165) is 11.8 Å². The molecule has 1 heterocycles. The molecule has 0 radical (unpaired) electrons. The molecular formula is C12H15NO. The minimum Gasteiger partial charge on any atom is -0.448 e. The zero-order valence-corrected chi connectivity index (χ0v) is 8.33. The third kappa shape index (κ3) is 0.844. The van der Waals surface area contributed by atoms with Crippen molar-refractivity contribution >= 4 is 0 Å². The van der Waals surface area contributed by atoms with Crippen LogP contribution in [0.4, 0.5) is 0 Å². The molecule has 2 nitrogen and oxygen atoms in total. The van der Waals surface area contributed by atoms with E-state index < -0.39 is 0 Å². The lowest BCUT2D eigenvalue weighted by molar-refractivity contribution is 0.495. The van der Waals surface area contributed by atoms with E-state index in [1.54, 1.807) is 0 Å². The van der Waals surface area contributed by atoms with E-state index in [4.69, 9.17) is 9.40 Å². The topological polar surface area (TPSA) is 26.0 Å². The van der Waals surface area contributed by atoms with Gasteiger partial charge in [-0.15, -0.1) is 0 Å². The molecule has 14 heavy (non-hydrogen) atoms. The average molecular weight is 189 g/mol. The van der Waals surface area contributed by atoms with Gasteiger partial charge in [-0.1, -0.05) is 6.42 Å². The SMILES string of the molecule is c1oc(C2CC2)nc1C12CCCC1C2. The molecule has 4 rings (SSSR count). The van der Waals surface area contributed by atoms with E-state index in [1.165, 1.54) is 44.2 Å². The zero-order valence-electron chi connectivity index (χ0n) is 8.33. The zero-order chi connectivity index (χ0) is 9.17. The van der Waals surface area contributed by atoms with Gasteiger partial charge in [0.15, 0.2) is 5.89 Å². The van der Waals surface area contributed by atoms with Crippen molar-refractivity contribution in [2.45, 2.75) is 49.9 Å². The number of nitrogens with zero attached hydrogens (tertiary/aromatic N) is 1. The van der Waals surface area contributed by atoms with Crippen molar-refractivity contribution in [1.82, 2.24) is 4.98 Å². The Bertz CT molecular complexity index is 379. The van der Waals surface area contributed by atoms with Crippen LogP contribution < -0.4 is 0 Å². The summed E-state index contributed by atoms with van der Waals surface area (Å²) in [6.07, 6.45) is 10.1. The van der Waals surface area contributed by atoms with Gasteiger partial charge in [0.2, 0.25) is 0 Å². The molecule has 0 aromatic carbocycles. The maximum Gasteiger partial charge on any atom is 0.197 e. The molecule has 3 aliphatic carbocycles. The molecule has 0 amide bonds. The molecule has 1 aromatic rings. The number of rotatable bonds is 2. The van der Waals surface area contributed by atoms with Gasteiger partial charge in [-0.2, -0.15) is 0 Å². The summed E-state index contributed by atoms with van der Waals surface area (Å²) >= 11 is 0. The van der Waals surface area contributed by atoms with E-state index in [2.05, 4.69) is 0 Å². The van der Waals surface area contributed by atoms with Gasteiger partial charge in [0.1, 0.15) is 6.26 Å². The quantitative estimate of drug-likeness (QED) is 0.714. The molecule has 3 saturated carbocycles. The van der Waals surface area contributed by atoms with Crippen molar-refractivity contribution in [3.63, 3.8) is 0 Å². The van der Waals surface area contributed by atoms with Crippen molar-refractivity contribution < 1.29 is 4.42 Å². The number of aromatic nitrogens is 1. The Morgan fingerprint density at radius 3 is 2.93 bits per heavy atom. The fourth-order valence-corrected chi connectivity index (χ4v) is 3.21. The lowest BCUT2D eigenvalue weighted by Crippen LogP contribution is -2.05. The van der Waals surface area contributed by atoms with Gasteiger partial charge in [0, 0.05) is 11.3 Å². The van der Waals surface area contributed by atoms with Gasteiger partial charge in [0.05, 0.1) is 5.69 Å². The molecule has 0 N–H and O–H groups in total. The molecule has 3 aliphatic rings. The molecule has 2 atom stereocenters. The Kier molecular flexibility index (Phi) is 1.20. The van der Waals surface area contributed by atoms with E-state index in [-0.39, 0.29) is 0 Å². The number of hydrogen-bond acceptors (Lipinski definition) is 2. The molecule has 1 aromatic heterocycles. The van der Waals surface area contributed by atoms with Crippen LogP contribution in [0, 0.1) is 5.92 Å². The monoisotopic (exact) mass is 189 g/mol. The summed E-state index contributed by atoms with van der Waals surface area (Å²) in [4.78, 5) is 4.70. The van der Waals surface area contributed by atoms with E-state index in [1.807, 2.05) is 6.26 Å². The summed E-state index contributed by atoms with van der Waals surface area (Å²) in [5.41, 5.74) is 1.76. The molecule has 0 aliphatic heterocycles. The predicted molar refractivity (Wildman–Crippen MR) is 52.1 cm³/mol. The summed E-state index contributed by atoms with van der Waals surface area (Å²) in [6, 6.07) is 0. The van der Waals surface area contributed by atoms with Crippen LogP contribution in [0.25, 0.3) is 0 Å². The number of oxazole rings is 1. The highest BCUT2D eigenvalue weighted by Crippen LogP contribution is 2.64. The van der Waals surface area contributed by atoms with Crippen LogP contribution >= 0.6 is 0 Å². The number of fused-ring (bicyclic) bond motifs is 1. The van der Waals surface area contributed by atoms with Gasteiger partial charge in [0.25, 0.3) is 0 Å².